The van der Waals surface area contributed by atoms with Gasteiger partial charge < -0.3 is 4.90 Å². The molecule has 0 aromatic heterocycles. The van der Waals surface area contributed by atoms with Crippen LogP contribution in [0.2, 0.25) is 0 Å². The molecule has 1 atom stereocenters. The zero-order valence-electron chi connectivity index (χ0n) is 12.4. The highest BCUT2D eigenvalue weighted by Crippen LogP contribution is 2.42. The molecule has 1 aliphatic rings. The molecule has 1 aliphatic heterocycles. The Morgan fingerprint density at radius 2 is 2.00 bits per heavy atom. The van der Waals surface area contributed by atoms with Crippen molar-refractivity contribution in [1.82, 2.24) is 0 Å². The van der Waals surface area contributed by atoms with E-state index >= 15 is 0 Å². The van der Waals surface area contributed by atoms with Crippen LogP contribution in [0.15, 0.2) is 18.2 Å². The van der Waals surface area contributed by atoms with E-state index in [0.29, 0.717) is 11.3 Å². The van der Waals surface area contributed by atoms with Crippen molar-refractivity contribution in [2.45, 2.75) is 38.9 Å². The maximum absolute atomic E-state index is 12.4. The first-order chi connectivity index (χ1) is 9.21. The zero-order chi connectivity index (χ0) is 15.1. The minimum atomic E-state index is -1.73. The highest BCUT2D eigenvalue weighted by Gasteiger charge is 2.54. The Labute approximate surface area is 118 Å². The first-order valence-electron chi connectivity index (χ1n) is 6.39. The number of likely N-dealkylation sites (N-methyl/N-ethyl adjacent to an activating group) is 1. The molecule has 0 saturated carbocycles. The quantitative estimate of drug-likeness (QED) is 0.614. The predicted molar refractivity (Wildman–Crippen MR) is 73.8 cm³/mol. The summed E-state index contributed by atoms with van der Waals surface area (Å²) in [6, 6.07) is 7.46. The third-order valence-electron chi connectivity index (χ3n) is 3.07. The van der Waals surface area contributed by atoms with Gasteiger partial charge in [-0.3, -0.25) is 4.79 Å². The number of hydrogen-bond acceptors (Lipinski definition) is 4. The smallest absolute Gasteiger partial charge is 0.293 e. The number of carbonyl (C=O) groups excluding carboxylic acids is 1. The highest BCUT2D eigenvalue weighted by molar-refractivity contribution is 6.08. The first kappa shape index (κ1) is 14.5. The fourth-order valence-corrected chi connectivity index (χ4v) is 2.08. The lowest BCUT2D eigenvalue weighted by Gasteiger charge is -2.25. The lowest BCUT2D eigenvalue weighted by Crippen LogP contribution is -2.41. The van der Waals surface area contributed by atoms with E-state index in [1.807, 2.05) is 25.1 Å². The van der Waals surface area contributed by atoms with Crippen LogP contribution in [-0.4, -0.2) is 18.6 Å². The molecule has 1 aromatic rings. The van der Waals surface area contributed by atoms with Gasteiger partial charge in [0.05, 0.1) is 11.3 Å². The molecule has 106 valence electrons. The number of carbonyl (C=O) groups is 1. The molecule has 1 heterocycles. The molecule has 0 aliphatic carbocycles. The molecule has 1 amide bonds. The van der Waals surface area contributed by atoms with Gasteiger partial charge in [-0.1, -0.05) is 11.6 Å². The molecule has 1 aromatic carbocycles. The molecular weight excluding hydrogens is 256 g/mol. The van der Waals surface area contributed by atoms with Crippen LogP contribution in [0.4, 0.5) is 5.69 Å². The van der Waals surface area contributed by atoms with Crippen molar-refractivity contribution in [3.05, 3.63) is 29.3 Å². The normalized spacial score (nSPS) is 21.8. The average Bonchev–Trinajstić information content (AvgIpc) is 2.57. The number of benzene rings is 1. The maximum Gasteiger partial charge on any atom is 0.293 e. The highest BCUT2D eigenvalue weighted by atomic mass is 17.2. The van der Waals surface area contributed by atoms with Gasteiger partial charge in [0.2, 0.25) is 0 Å². The fourth-order valence-electron chi connectivity index (χ4n) is 2.08. The van der Waals surface area contributed by atoms with E-state index in [1.54, 1.807) is 33.9 Å². The summed E-state index contributed by atoms with van der Waals surface area (Å²) in [5, 5.41) is 9.54. The lowest BCUT2D eigenvalue weighted by molar-refractivity contribution is -0.384. The van der Waals surface area contributed by atoms with Crippen LogP contribution in [0.1, 0.15) is 31.9 Å². The summed E-state index contributed by atoms with van der Waals surface area (Å²) in [4.78, 5) is 24.4. The Balaban J connectivity index is 2.51. The van der Waals surface area contributed by atoms with Gasteiger partial charge in [-0.15, -0.1) is 0 Å². The van der Waals surface area contributed by atoms with Crippen molar-refractivity contribution in [3.63, 3.8) is 0 Å². The molecule has 0 N–H and O–H groups in total. The summed E-state index contributed by atoms with van der Waals surface area (Å²) in [6.07, 6.45) is 0. The summed E-state index contributed by atoms with van der Waals surface area (Å²) >= 11 is 0. The molecule has 5 nitrogen and oxygen atoms in total. The van der Waals surface area contributed by atoms with Crippen LogP contribution in [0.3, 0.4) is 0 Å². The summed E-state index contributed by atoms with van der Waals surface area (Å²) in [5.74, 6) is -0.440. The molecule has 2 rings (SSSR count). The van der Waals surface area contributed by atoms with Gasteiger partial charge in [-0.2, -0.15) is 10.1 Å². The number of nitriles is 1. The molecule has 5 heteroatoms. The van der Waals surface area contributed by atoms with Gasteiger partial charge in [-0.25, -0.2) is 4.89 Å². The molecule has 0 fully saturated rings. The lowest BCUT2D eigenvalue weighted by atomic mass is 9.96. The van der Waals surface area contributed by atoms with Crippen molar-refractivity contribution < 1.29 is 14.6 Å². The van der Waals surface area contributed by atoms with E-state index in [1.165, 1.54) is 4.90 Å². The number of nitrogens with zero attached hydrogens (tertiary/aromatic N) is 2. The van der Waals surface area contributed by atoms with Crippen LogP contribution in [-0.2, 0) is 20.2 Å². The second kappa shape index (κ2) is 4.58. The third kappa shape index (κ3) is 2.17. The van der Waals surface area contributed by atoms with Crippen LogP contribution < -0.4 is 4.90 Å². The van der Waals surface area contributed by atoms with Crippen molar-refractivity contribution >= 4 is 11.6 Å². The van der Waals surface area contributed by atoms with Gasteiger partial charge >= 0.3 is 0 Å². The largest absolute Gasteiger partial charge is 0.311 e. The summed E-state index contributed by atoms with van der Waals surface area (Å²) in [6.45, 7) is 7.27. The molecule has 1 unspecified atom stereocenters. The molecular formula is C15H18N2O3. The van der Waals surface area contributed by atoms with Crippen molar-refractivity contribution in [2.75, 3.05) is 11.9 Å². The molecule has 0 spiro atoms. The van der Waals surface area contributed by atoms with E-state index in [4.69, 9.17) is 9.78 Å². The molecule has 0 bridgehead atoms. The minimum Gasteiger partial charge on any atom is -0.311 e. The Morgan fingerprint density at radius 1 is 1.35 bits per heavy atom. The van der Waals surface area contributed by atoms with Crippen molar-refractivity contribution in [2.24, 2.45) is 0 Å². The predicted octanol–water partition coefficient (Wildman–Crippen LogP) is 2.44. The number of amides is 1. The standard InChI is InChI=1S/C15H18N2O3/c1-10-6-7-12-11(8-10)15(9-16,13(18)17(12)5)20-19-14(2,3)4/h6-8H,1-5H3. The van der Waals surface area contributed by atoms with Crippen LogP contribution in [0.25, 0.3) is 0 Å². The minimum absolute atomic E-state index is 0.440. The number of anilines is 1. The summed E-state index contributed by atoms with van der Waals surface area (Å²) < 4.78 is 0. The summed E-state index contributed by atoms with van der Waals surface area (Å²) in [7, 11) is 1.62. The maximum atomic E-state index is 12.4. The van der Waals surface area contributed by atoms with Crippen LogP contribution >= 0.6 is 0 Å². The Kier molecular flexibility index (Phi) is 3.32. The number of hydrogen-bond donors (Lipinski definition) is 0. The SMILES string of the molecule is Cc1ccc2c(c1)C(C#N)(OOC(C)(C)C)C(=O)N2C. The molecule has 20 heavy (non-hydrogen) atoms. The molecule has 0 radical (unpaired) electrons. The van der Waals surface area contributed by atoms with Crippen molar-refractivity contribution in [1.29, 1.82) is 5.26 Å². The van der Waals surface area contributed by atoms with E-state index in [-0.39, 0.29) is 0 Å². The number of rotatable bonds is 2. The fraction of sp³-hybridized carbons (Fsp3) is 0.467. The van der Waals surface area contributed by atoms with Crippen molar-refractivity contribution in [3.8, 4) is 6.07 Å². The van der Waals surface area contributed by atoms with Gasteiger partial charge in [0.15, 0.2) is 0 Å². The molecule has 0 saturated heterocycles. The summed E-state index contributed by atoms with van der Waals surface area (Å²) in [5.41, 5.74) is -0.208. The first-order valence-corrected chi connectivity index (χ1v) is 6.39. The van der Waals surface area contributed by atoms with E-state index in [9.17, 15) is 10.1 Å². The average molecular weight is 274 g/mol. The van der Waals surface area contributed by atoms with Gasteiger partial charge in [-0.05, 0) is 39.8 Å². The Hall–Kier alpha value is -1.90. The van der Waals surface area contributed by atoms with Crippen LogP contribution in [0.5, 0.6) is 0 Å². The van der Waals surface area contributed by atoms with Gasteiger partial charge in [0.25, 0.3) is 11.5 Å². The van der Waals surface area contributed by atoms with E-state index in [2.05, 4.69) is 0 Å². The van der Waals surface area contributed by atoms with E-state index in [0.717, 1.165) is 5.56 Å². The second-order valence-corrected chi connectivity index (χ2v) is 5.96. The third-order valence-corrected chi connectivity index (χ3v) is 3.07. The Bertz CT molecular complexity index is 598. The Morgan fingerprint density at radius 3 is 2.55 bits per heavy atom. The van der Waals surface area contributed by atoms with Gasteiger partial charge in [0.1, 0.15) is 6.07 Å². The van der Waals surface area contributed by atoms with E-state index < -0.39 is 17.1 Å². The number of aryl methyl sites for hydroxylation is 1. The topological polar surface area (TPSA) is 62.6 Å². The zero-order valence-corrected chi connectivity index (χ0v) is 12.4. The second-order valence-electron chi connectivity index (χ2n) is 5.96. The van der Waals surface area contributed by atoms with Crippen LogP contribution in [0, 0.1) is 18.3 Å². The van der Waals surface area contributed by atoms with Gasteiger partial charge in [0, 0.05) is 12.6 Å². The monoisotopic (exact) mass is 274 g/mol. The number of fused-ring (bicyclic) bond motifs is 1.